The summed E-state index contributed by atoms with van der Waals surface area (Å²) in [5.74, 6) is -0.00554. The largest absolute Gasteiger partial charge is 0.497 e. The third-order valence-corrected chi connectivity index (χ3v) is 3.20. The molecule has 0 N–H and O–H groups in total. The average Bonchev–Trinajstić information content (AvgIpc) is 3.21. The highest BCUT2D eigenvalue weighted by atomic mass is 16.6. The molecule has 2 atom stereocenters. The predicted octanol–water partition coefficient (Wildman–Crippen LogP) is 1.38. The first-order valence-electron chi connectivity index (χ1n) is 6.83. The number of carbonyl (C=O) groups is 2. The Balaban J connectivity index is 2.17. The molecule has 2 unspecified atom stereocenters. The van der Waals surface area contributed by atoms with Gasteiger partial charge in [0.05, 0.1) is 19.8 Å². The fourth-order valence-corrected chi connectivity index (χ4v) is 1.99. The van der Waals surface area contributed by atoms with Crippen LogP contribution in [0, 0.1) is 0 Å². The van der Waals surface area contributed by atoms with Crippen LogP contribution in [0.25, 0.3) is 0 Å². The van der Waals surface area contributed by atoms with E-state index < -0.39 is 12.1 Å². The molecule has 2 rings (SSSR count). The number of nitrogens with zero attached hydrogens (tertiary/aromatic N) is 1. The maximum atomic E-state index is 12.4. The summed E-state index contributed by atoms with van der Waals surface area (Å²) in [5, 5.41) is 0. The first-order valence-corrected chi connectivity index (χ1v) is 6.83. The summed E-state index contributed by atoms with van der Waals surface area (Å²) in [6.07, 6.45) is -0.595. The van der Waals surface area contributed by atoms with E-state index >= 15 is 0 Å². The van der Waals surface area contributed by atoms with Crippen LogP contribution in [0.2, 0.25) is 0 Å². The number of ether oxygens (including phenoxy) is 3. The van der Waals surface area contributed by atoms with Crippen LogP contribution in [-0.4, -0.2) is 44.3 Å². The Labute approximate surface area is 123 Å². The van der Waals surface area contributed by atoms with Crippen molar-refractivity contribution in [2.45, 2.75) is 26.1 Å². The quantitative estimate of drug-likeness (QED) is 0.585. The summed E-state index contributed by atoms with van der Waals surface area (Å²) in [4.78, 5) is 25.5. The Bertz CT molecular complexity index is 513. The van der Waals surface area contributed by atoms with Gasteiger partial charge in [0, 0.05) is 5.69 Å². The van der Waals surface area contributed by atoms with Crippen LogP contribution in [0.15, 0.2) is 24.3 Å². The molecule has 1 aliphatic heterocycles. The highest BCUT2D eigenvalue weighted by Gasteiger charge is 2.44. The van der Waals surface area contributed by atoms with Gasteiger partial charge in [-0.3, -0.25) is 14.5 Å². The van der Waals surface area contributed by atoms with Gasteiger partial charge in [0.1, 0.15) is 12.3 Å². The lowest BCUT2D eigenvalue weighted by Crippen LogP contribution is -2.39. The van der Waals surface area contributed by atoms with Crippen LogP contribution >= 0.6 is 0 Å². The summed E-state index contributed by atoms with van der Waals surface area (Å²) in [6.45, 7) is 3.69. The zero-order valence-corrected chi connectivity index (χ0v) is 12.4. The second-order valence-corrected chi connectivity index (χ2v) is 4.69. The van der Waals surface area contributed by atoms with Crippen LogP contribution < -0.4 is 9.64 Å². The third-order valence-electron chi connectivity index (χ3n) is 3.20. The summed E-state index contributed by atoms with van der Waals surface area (Å²) in [7, 11) is 1.57. The van der Waals surface area contributed by atoms with Crippen molar-refractivity contribution in [1.82, 2.24) is 0 Å². The Morgan fingerprint density at radius 2 is 1.90 bits per heavy atom. The molecule has 0 spiro atoms. The van der Waals surface area contributed by atoms with Gasteiger partial charge in [0.15, 0.2) is 6.10 Å². The van der Waals surface area contributed by atoms with Gasteiger partial charge in [-0.25, -0.2) is 0 Å². The topological polar surface area (TPSA) is 68.4 Å². The first kappa shape index (κ1) is 15.3. The second-order valence-electron chi connectivity index (χ2n) is 4.69. The lowest BCUT2D eigenvalue weighted by atomic mass is 10.2. The molecule has 0 aromatic heterocycles. The number of methoxy groups -OCH3 is 1. The van der Waals surface area contributed by atoms with Gasteiger partial charge in [0.25, 0.3) is 5.91 Å². The molecule has 1 amide bonds. The zero-order chi connectivity index (χ0) is 15.4. The van der Waals surface area contributed by atoms with E-state index in [-0.39, 0.29) is 25.2 Å². The maximum Gasteiger partial charge on any atom is 0.326 e. The molecule has 6 heteroatoms. The average molecular weight is 293 g/mol. The van der Waals surface area contributed by atoms with Crippen LogP contribution in [0.5, 0.6) is 5.75 Å². The predicted molar refractivity (Wildman–Crippen MR) is 76.3 cm³/mol. The molecule has 114 valence electrons. The highest BCUT2D eigenvalue weighted by molar-refractivity contribution is 6.01. The van der Waals surface area contributed by atoms with Gasteiger partial charge in [-0.1, -0.05) is 0 Å². The van der Waals surface area contributed by atoms with Gasteiger partial charge in [-0.15, -0.1) is 0 Å². The van der Waals surface area contributed by atoms with E-state index in [4.69, 9.17) is 14.2 Å². The van der Waals surface area contributed by atoms with E-state index in [0.29, 0.717) is 11.4 Å². The lowest BCUT2D eigenvalue weighted by Gasteiger charge is -2.21. The SMILES string of the molecule is CCOC(=O)CN(C(=O)C1OC1C)c1ccc(OC)cc1. The van der Waals surface area contributed by atoms with Gasteiger partial charge >= 0.3 is 5.97 Å². The minimum Gasteiger partial charge on any atom is -0.497 e. The Morgan fingerprint density at radius 3 is 2.38 bits per heavy atom. The van der Waals surface area contributed by atoms with Crippen molar-refractivity contribution in [2.24, 2.45) is 0 Å². The minimum atomic E-state index is -0.485. The molecule has 6 nitrogen and oxygen atoms in total. The van der Waals surface area contributed by atoms with E-state index in [1.54, 1.807) is 38.3 Å². The standard InChI is InChI=1S/C15H19NO5/c1-4-20-13(17)9-16(15(18)14-10(2)21-14)11-5-7-12(19-3)8-6-11/h5-8,10,14H,4,9H2,1-3H3. The number of epoxide rings is 1. The zero-order valence-electron chi connectivity index (χ0n) is 12.4. The fraction of sp³-hybridized carbons (Fsp3) is 0.467. The Kier molecular flexibility index (Phi) is 4.80. The van der Waals surface area contributed by atoms with Gasteiger partial charge in [0.2, 0.25) is 0 Å². The fourth-order valence-electron chi connectivity index (χ4n) is 1.99. The number of carbonyl (C=O) groups excluding carboxylic acids is 2. The summed E-state index contributed by atoms with van der Waals surface area (Å²) in [5.41, 5.74) is 0.608. The molecule has 1 aliphatic rings. The molecule has 1 fully saturated rings. The van der Waals surface area contributed by atoms with Crippen molar-refractivity contribution >= 4 is 17.6 Å². The molecule has 0 aliphatic carbocycles. The van der Waals surface area contributed by atoms with E-state index in [9.17, 15) is 9.59 Å². The maximum absolute atomic E-state index is 12.4. The number of esters is 1. The number of hydrogen-bond acceptors (Lipinski definition) is 5. The monoisotopic (exact) mass is 293 g/mol. The van der Waals surface area contributed by atoms with E-state index in [0.717, 1.165) is 0 Å². The molecule has 1 aromatic rings. The minimum absolute atomic E-state index is 0.111. The van der Waals surface area contributed by atoms with Crippen molar-refractivity contribution < 1.29 is 23.8 Å². The third kappa shape index (κ3) is 3.72. The summed E-state index contributed by atoms with van der Waals surface area (Å²) in [6, 6.07) is 6.92. The smallest absolute Gasteiger partial charge is 0.326 e. The normalized spacial score (nSPS) is 19.8. The Morgan fingerprint density at radius 1 is 1.29 bits per heavy atom. The van der Waals surface area contributed by atoms with Crippen molar-refractivity contribution in [2.75, 3.05) is 25.2 Å². The number of benzene rings is 1. The number of rotatable bonds is 6. The van der Waals surface area contributed by atoms with Crippen molar-refractivity contribution in [3.05, 3.63) is 24.3 Å². The van der Waals surface area contributed by atoms with E-state index in [1.807, 2.05) is 6.92 Å². The molecular formula is C15H19NO5. The van der Waals surface area contributed by atoms with Crippen LogP contribution in [0.4, 0.5) is 5.69 Å². The molecule has 1 heterocycles. The molecule has 21 heavy (non-hydrogen) atoms. The van der Waals surface area contributed by atoms with Crippen molar-refractivity contribution in [3.63, 3.8) is 0 Å². The number of amides is 1. The number of hydrogen-bond donors (Lipinski definition) is 0. The van der Waals surface area contributed by atoms with Crippen LogP contribution in [0.3, 0.4) is 0 Å². The van der Waals surface area contributed by atoms with E-state index in [2.05, 4.69) is 0 Å². The first-order chi connectivity index (χ1) is 10.1. The second kappa shape index (κ2) is 6.58. The van der Waals surface area contributed by atoms with Crippen molar-refractivity contribution in [1.29, 1.82) is 0 Å². The summed E-state index contributed by atoms with van der Waals surface area (Å²) < 4.78 is 15.2. The molecule has 1 aromatic carbocycles. The van der Waals surface area contributed by atoms with E-state index in [1.165, 1.54) is 4.90 Å². The molecular weight excluding hydrogens is 274 g/mol. The van der Waals surface area contributed by atoms with Gasteiger partial charge < -0.3 is 14.2 Å². The summed E-state index contributed by atoms with van der Waals surface area (Å²) >= 11 is 0. The van der Waals surface area contributed by atoms with Gasteiger partial charge in [-0.05, 0) is 38.1 Å². The lowest BCUT2D eigenvalue weighted by molar-refractivity contribution is -0.142. The molecule has 0 radical (unpaired) electrons. The van der Waals surface area contributed by atoms with Crippen molar-refractivity contribution in [3.8, 4) is 5.75 Å². The molecule has 1 saturated heterocycles. The Hall–Kier alpha value is -2.08. The van der Waals surface area contributed by atoms with Crippen LogP contribution in [-0.2, 0) is 19.1 Å². The molecule has 0 saturated carbocycles. The highest BCUT2D eigenvalue weighted by Crippen LogP contribution is 2.27. The van der Waals surface area contributed by atoms with Crippen LogP contribution in [0.1, 0.15) is 13.8 Å². The molecule has 0 bridgehead atoms. The van der Waals surface area contributed by atoms with Gasteiger partial charge in [-0.2, -0.15) is 0 Å². The number of anilines is 1.